The average Bonchev–Trinajstić information content (AvgIpc) is 2.46. The van der Waals surface area contributed by atoms with Crippen molar-refractivity contribution in [1.82, 2.24) is 0 Å². The van der Waals surface area contributed by atoms with Crippen LogP contribution in [0, 0.1) is 0 Å². The number of allylic oxidation sites excluding steroid dienone is 1. The third-order valence-corrected chi connectivity index (χ3v) is 3.07. The smallest absolute Gasteiger partial charge is 0.0886 e. The minimum Gasteiger partial charge on any atom is -0.399 e. The molecule has 3 nitrogen and oxygen atoms in total. The zero-order valence-corrected chi connectivity index (χ0v) is 10.5. The Balaban J connectivity index is 2.41. The summed E-state index contributed by atoms with van der Waals surface area (Å²) in [6, 6.07) is 5.72. The molecule has 17 heavy (non-hydrogen) atoms. The second kappa shape index (κ2) is 5.13. The first kappa shape index (κ1) is 11.8. The summed E-state index contributed by atoms with van der Waals surface area (Å²) in [5, 5.41) is 1.85. The maximum Gasteiger partial charge on any atom is 0.0886 e. The van der Waals surface area contributed by atoms with Gasteiger partial charge in [0.2, 0.25) is 0 Å². The Kier molecular flexibility index (Phi) is 3.57. The first-order valence-electron chi connectivity index (χ1n) is 6.18. The molecule has 0 saturated heterocycles. The Morgan fingerprint density at radius 3 is 2.88 bits per heavy atom. The number of unbranched alkanes of at least 4 members (excludes halogenated alkanes) is 1. The summed E-state index contributed by atoms with van der Waals surface area (Å²) in [7, 11) is 0. The summed E-state index contributed by atoms with van der Waals surface area (Å²) >= 11 is 0. The fourth-order valence-electron chi connectivity index (χ4n) is 1.97. The van der Waals surface area contributed by atoms with Gasteiger partial charge in [0.15, 0.2) is 0 Å². The summed E-state index contributed by atoms with van der Waals surface area (Å²) < 4.78 is 0. The summed E-state index contributed by atoms with van der Waals surface area (Å²) in [6.45, 7) is 5.04. The quantitative estimate of drug-likeness (QED) is 0.792. The second-order valence-corrected chi connectivity index (χ2v) is 4.47. The first-order valence-corrected chi connectivity index (χ1v) is 6.18. The SMILES string of the molecule is CCCCC1=C(C)N=c2ccc(N)cc2=NC1. The zero-order chi connectivity index (χ0) is 12.3. The van der Waals surface area contributed by atoms with E-state index in [1.165, 1.54) is 18.4 Å². The van der Waals surface area contributed by atoms with Crippen LogP contribution in [0.1, 0.15) is 33.1 Å². The van der Waals surface area contributed by atoms with Crippen molar-refractivity contribution < 1.29 is 0 Å². The molecule has 0 bridgehead atoms. The lowest BCUT2D eigenvalue weighted by atomic mass is 10.1. The van der Waals surface area contributed by atoms with Crippen LogP contribution in [-0.4, -0.2) is 6.54 Å². The molecule has 1 heterocycles. The highest BCUT2D eigenvalue weighted by molar-refractivity contribution is 5.36. The largest absolute Gasteiger partial charge is 0.399 e. The van der Waals surface area contributed by atoms with E-state index in [2.05, 4.69) is 23.8 Å². The molecule has 0 amide bonds. The van der Waals surface area contributed by atoms with E-state index in [1.807, 2.05) is 18.2 Å². The molecule has 0 fully saturated rings. The van der Waals surface area contributed by atoms with Crippen LogP contribution in [0.3, 0.4) is 0 Å². The van der Waals surface area contributed by atoms with Crippen molar-refractivity contribution in [3.63, 3.8) is 0 Å². The molecule has 1 aromatic rings. The van der Waals surface area contributed by atoms with Gasteiger partial charge in [-0.05, 0) is 43.5 Å². The molecule has 2 rings (SSSR count). The average molecular weight is 229 g/mol. The van der Waals surface area contributed by atoms with Crippen LogP contribution in [0.2, 0.25) is 0 Å². The molecule has 0 saturated carbocycles. The number of hydrogen-bond acceptors (Lipinski definition) is 3. The molecule has 0 aliphatic carbocycles. The summed E-state index contributed by atoms with van der Waals surface area (Å²) in [4.78, 5) is 9.25. The van der Waals surface area contributed by atoms with Crippen molar-refractivity contribution in [2.45, 2.75) is 33.1 Å². The van der Waals surface area contributed by atoms with Crippen LogP contribution in [0.4, 0.5) is 5.69 Å². The van der Waals surface area contributed by atoms with E-state index in [0.29, 0.717) is 0 Å². The molecule has 1 aliphatic rings. The Labute approximate surface area is 102 Å². The fraction of sp³-hybridized carbons (Fsp3) is 0.429. The number of benzene rings is 1. The van der Waals surface area contributed by atoms with Gasteiger partial charge < -0.3 is 5.73 Å². The topological polar surface area (TPSA) is 50.7 Å². The van der Waals surface area contributed by atoms with Crippen molar-refractivity contribution in [2.24, 2.45) is 9.98 Å². The Morgan fingerprint density at radius 2 is 2.12 bits per heavy atom. The molecule has 0 spiro atoms. The van der Waals surface area contributed by atoms with Crippen LogP contribution < -0.4 is 16.4 Å². The molecular weight excluding hydrogens is 210 g/mol. The molecule has 1 aliphatic heterocycles. The molecule has 0 atom stereocenters. The molecule has 1 aromatic carbocycles. The number of nitrogens with zero attached hydrogens (tertiary/aromatic N) is 2. The van der Waals surface area contributed by atoms with Crippen LogP contribution >= 0.6 is 0 Å². The molecule has 2 N–H and O–H groups in total. The van der Waals surface area contributed by atoms with Gasteiger partial charge in [-0.3, -0.25) is 9.98 Å². The van der Waals surface area contributed by atoms with E-state index >= 15 is 0 Å². The van der Waals surface area contributed by atoms with Gasteiger partial charge in [-0.2, -0.15) is 0 Å². The molecule has 0 aromatic heterocycles. The number of rotatable bonds is 3. The Bertz CT molecular complexity index is 555. The van der Waals surface area contributed by atoms with Gasteiger partial charge in [-0.1, -0.05) is 13.3 Å². The molecule has 0 unspecified atom stereocenters. The van der Waals surface area contributed by atoms with Gasteiger partial charge in [0.25, 0.3) is 0 Å². The minimum absolute atomic E-state index is 0.748. The van der Waals surface area contributed by atoms with Crippen LogP contribution in [0.5, 0.6) is 0 Å². The molecule has 3 heteroatoms. The summed E-state index contributed by atoms with van der Waals surface area (Å²) in [5.74, 6) is 0. The monoisotopic (exact) mass is 229 g/mol. The van der Waals surface area contributed by atoms with E-state index in [0.717, 1.165) is 35.1 Å². The number of nitrogens with two attached hydrogens (primary N) is 1. The van der Waals surface area contributed by atoms with Crippen LogP contribution in [0.15, 0.2) is 39.5 Å². The van der Waals surface area contributed by atoms with E-state index in [1.54, 1.807) is 0 Å². The molecule has 0 radical (unpaired) electrons. The van der Waals surface area contributed by atoms with E-state index < -0.39 is 0 Å². The van der Waals surface area contributed by atoms with Crippen molar-refractivity contribution in [3.05, 3.63) is 40.2 Å². The van der Waals surface area contributed by atoms with Gasteiger partial charge in [-0.25, -0.2) is 0 Å². The second-order valence-electron chi connectivity index (χ2n) is 4.47. The predicted molar refractivity (Wildman–Crippen MR) is 70.3 cm³/mol. The van der Waals surface area contributed by atoms with Gasteiger partial charge in [0.1, 0.15) is 0 Å². The lowest BCUT2D eigenvalue weighted by Gasteiger charge is -2.04. The standard InChI is InChI=1S/C14H19N3/c1-3-4-5-11-9-16-14-8-12(15)6-7-13(14)17-10(11)2/h6-8H,3-5,9,15H2,1-2H3. The fourth-order valence-corrected chi connectivity index (χ4v) is 1.97. The normalized spacial score (nSPS) is 14.7. The Morgan fingerprint density at radius 1 is 1.29 bits per heavy atom. The lowest BCUT2D eigenvalue weighted by molar-refractivity contribution is 0.764. The molecular formula is C14H19N3. The van der Waals surface area contributed by atoms with Crippen LogP contribution in [0.25, 0.3) is 0 Å². The van der Waals surface area contributed by atoms with E-state index in [9.17, 15) is 0 Å². The zero-order valence-electron chi connectivity index (χ0n) is 10.5. The summed E-state index contributed by atoms with van der Waals surface area (Å²) in [6.07, 6.45) is 3.51. The maximum absolute atomic E-state index is 5.77. The highest BCUT2D eigenvalue weighted by Crippen LogP contribution is 2.14. The third-order valence-electron chi connectivity index (χ3n) is 3.07. The number of anilines is 1. The van der Waals surface area contributed by atoms with Crippen molar-refractivity contribution in [3.8, 4) is 0 Å². The lowest BCUT2D eigenvalue weighted by Crippen LogP contribution is -2.25. The van der Waals surface area contributed by atoms with Crippen molar-refractivity contribution in [1.29, 1.82) is 0 Å². The predicted octanol–water partition coefficient (Wildman–Crippen LogP) is 1.99. The van der Waals surface area contributed by atoms with Crippen molar-refractivity contribution in [2.75, 3.05) is 12.3 Å². The minimum atomic E-state index is 0.748. The molecule has 90 valence electrons. The third kappa shape index (κ3) is 2.73. The summed E-state index contributed by atoms with van der Waals surface area (Å²) in [5.41, 5.74) is 8.98. The first-order chi connectivity index (χ1) is 8.20. The maximum atomic E-state index is 5.77. The highest BCUT2D eigenvalue weighted by atomic mass is 14.8. The highest BCUT2D eigenvalue weighted by Gasteiger charge is 2.05. The van der Waals surface area contributed by atoms with E-state index in [-0.39, 0.29) is 0 Å². The number of fused-ring (bicyclic) bond motifs is 1. The van der Waals surface area contributed by atoms with E-state index in [4.69, 9.17) is 5.73 Å². The van der Waals surface area contributed by atoms with Gasteiger partial charge in [0.05, 0.1) is 17.3 Å². The van der Waals surface area contributed by atoms with Gasteiger partial charge >= 0.3 is 0 Å². The number of nitrogen functional groups attached to an aromatic ring is 1. The Hall–Kier alpha value is -1.64. The van der Waals surface area contributed by atoms with Crippen molar-refractivity contribution >= 4 is 5.69 Å². The van der Waals surface area contributed by atoms with Crippen LogP contribution in [-0.2, 0) is 0 Å². The van der Waals surface area contributed by atoms with Gasteiger partial charge in [0, 0.05) is 11.4 Å². The number of hydrogen-bond donors (Lipinski definition) is 1. The van der Waals surface area contributed by atoms with Gasteiger partial charge in [-0.15, -0.1) is 0 Å².